The van der Waals surface area contributed by atoms with Crippen LogP contribution >= 0.6 is 0 Å². The van der Waals surface area contributed by atoms with Crippen LogP contribution in [-0.4, -0.2) is 39.5 Å². The van der Waals surface area contributed by atoms with E-state index in [-0.39, 0.29) is 16.7 Å². The van der Waals surface area contributed by atoms with Crippen molar-refractivity contribution in [1.29, 1.82) is 0 Å². The number of carboxylic acids is 1. The van der Waals surface area contributed by atoms with Crippen LogP contribution in [0.15, 0.2) is 70.8 Å². The number of H-pyrrole nitrogens is 1. The van der Waals surface area contributed by atoms with Crippen LogP contribution in [0.5, 0.6) is 0 Å². The number of aromatic amines is 1. The predicted octanol–water partition coefficient (Wildman–Crippen LogP) is 4.30. The number of carboxylic acid groups (broad SMARTS) is 1. The Morgan fingerprint density at radius 2 is 1.81 bits per heavy atom. The maximum atomic E-state index is 13.5. The molecule has 0 radical (unpaired) electrons. The first kappa shape index (κ1) is 24.5. The summed E-state index contributed by atoms with van der Waals surface area (Å²) in [5, 5.41) is 12.7. The fraction of sp³-hybridized carbons (Fsp3) is 0.179. The summed E-state index contributed by atoms with van der Waals surface area (Å²) in [5.74, 6) is -1.09. The molecule has 0 atom stereocenters. The quantitative estimate of drug-likeness (QED) is 0.381. The third kappa shape index (κ3) is 4.29. The summed E-state index contributed by atoms with van der Waals surface area (Å²) < 4.78 is 2.77. The number of nitrogens with zero attached hydrogens (tertiary/aromatic N) is 3. The van der Waals surface area contributed by atoms with E-state index in [9.17, 15) is 19.5 Å². The summed E-state index contributed by atoms with van der Waals surface area (Å²) in [6.45, 7) is 8.01. The van der Waals surface area contributed by atoms with Crippen molar-refractivity contribution in [3.05, 3.63) is 104 Å². The number of aromatic carboxylic acids is 1. The number of nitrogens with one attached hydrogen (secondary N) is 1. The molecule has 2 aromatic carbocycles. The molecule has 0 amide bonds. The number of aryl methyl sites for hydroxylation is 2. The third-order valence-corrected chi connectivity index (χ3v) is 6.23. The number of carbonyl (C=O) groups is 1. The lowest BCUT2D eigenvalue weighted by Crippen LogP contribution is -2.25. The zero-order valence-electron chi connectivity index (χ0n) is 20.7. The predicted molar refractivity (Wildman–Crippen MR) is 144 cm³/mol. The largest absolute Gasteiger partial charge is 0.478 e. The van der Waals surface area contributed by atoms with Crippen molar-refractivity contribution in [1.82, 2.24) is 14.3 Å². The molecule has 2 aromatic heterocycles. The normalized spacial score (nSPS) is 11.3. The Morgan fingerprint density at radius 1 is 1.11 bits per heavy atom. The highest BCUT2D eigenvalue weighted by Gasteiger charge is 2.21. The molecule has 184 valence electrons. The minimum atomic E-state index is -1.09. The first-order chi connectivity index (χ1) is 17.1. The Bertz CT molecular complexity index is 1630. The Labute approximate surface area is 208 Å². The Hall–Kier alpha value is -4.59. The number of pyridine rings is 1. The first-order valence-electron chi connectivity index (χ1n) is 11.5. The van der Waals surface area contributed by atoms with Gasteiger partial charge in [0.1, 0.15) is 5.65 Å². The molecule has 2 N–H and O–H groups in total. The minimum Gasteiger partial charge on any atom is -0.478 e. The van der Waals surface area contributed by atoms with Gasteiger partial charge in [-0.15, -0.1) is 0 Å². The van der Waals surface area contributed by atoms with Crippen molar-refractivity contribution in [3.63, 3.8) is 0 Å². The van der Waals surface area contributed by atoms with Crippen molar-refractivity contribution in [2.45, 2.75) is 20.4 Å². The van der Waals surface area contributed by atoms with E-state index in [2.05, 4.69) is 11.7 Å². The highest BCUT2D eigenvalue weighted by atomic mass is 16.4. The van der Waals surface area contributed by atoms with Gasteiger partial charge in [0, 0.05) is 26.3 Å². The van der Waals surface area contributed by atoms with E-state index in [1.54, 1.807) is 25.1 Å². The van der Waals surface area contributed by atoms with E-state index in [1.807, 2.05) is 56.3 Å². The van der Waals surface area contributed by atoms with Crippen LogP contribution in [0.2, 0.25) is 0 Å². The Kier molecular flexibility index (Phi) is 6.53. The van der Waals surface area contributed by atoms with Crippen LogP contribution < -0.4 is 16.0 Å². The second kappa shape index (κ2) is 9.58. The van der Waals surface area contributed by atoms with E-state index in [0.29, 0.717) is 40.0 Å². The molecule has 2 heterocycles. The SMILES string of the molecule is C=C(C=Cc1ccc(N(C)C)cc1)c1c(C)c2c(=O)n(-c3cccc(C(=O)O)c3)[nH]c2n(CC)c1=O. The number of allylic oxidation sites excluding steroid dienone is 2. The molecule has 0 saturated carbocycles. The van der Waals surface area contributed by atoms with Gasteiger partial charge in [0.25, 0.3) is 11.1 Å². The molecular weight excluding hydrogens is 456 g/mol. The third-order valence-electron chi connectivity index (χ3n) is 6.23. The van der Waals surface area contributed by atoms with Gasteiger partial charge in [0.15, 0.2) is 0 Å². The number of rotatable bonds is 7. The van der Waals surface area contributed by atoms with Crippen LogP contribution in [0.3, 0.4) is 0 Å². The van der Waals surface area contributed by atoms with Gasteiger partial charge in [-0.1, -0.05) is 36.9 Å². The van der Waals surface area contributed by atoms with Crippen molar-refractivity contribution in [2.75, 3.05) is 19.0 Å². The van der Waals surface area contributed by atoms with Crippen LogP contribution in [0, 0.1) is 6.92 Å². The summed E-state index contributed by atoms with van der Waals surface area (Å²) in [6, 6.07) is 14.0. The minimum absolute atomic E-state index is 0.0560. The summed E-state index contributed by atoms with van der Waals surface area (Å²) in [7, 11) is 3.95. The van der Waals surface area contributed by atoms with Crippen molar-refractivity contribution < 1.29 is 9.90 Å². The van der Waals surface area contributed by atoms with E-state index in [4.69, 9.17) is 0 Å². The molecule has 4 aromatic rings. The monoisotopic (exact) mass is 484 g/mol. The molecule has 8 heteroatoms. The van der Waals surface area contributed by atoms with Gasteiger partial charge in [-0.3, -0.25) is 19.3 Å². The second-order valence-electron chi connectivity index (χ2n) is 8.73. The van der Waals surface area contributed by atoms with Crippen LogP contribution in [0.1, 0.15) is 34.0 Å². The van der Waals surface area contributed by atoms with E-state index < -0.39 is 5.97 Å². The highest BCUT2D eigenvalue weighted by Crippen LogP contribution is 2.23. The topological polar surface area (TPSA) is 100 Å². The van der Waals surface area contributed by atoms with Crippen LogP contribution in [-0.2, 0) is 6.54 Å². The summed E-state index contributed by atoms with van der Waals surface area (Å²) in [4.78, 5) is 40.4. The average Bonchev–Trinajstić information content (AvgIpc) is 3.20. The van der Waals surface area contributed by atoms with Crippen LogP contribution in [0.4, 0.5) is 5.69 Å². The molecule has 0 aliphatic carbocycles. The highest BCUT2D eigenvalue weighted by molar-refractivity contribution is 5.89. The summed E-state index contributed by atoms with van der Waals surface area (Å²) in [6.07, 6.45) is 3.66. The maximum Gasteiger partial charge on any atom is 0.335 e. The van der Waals surface area contributed by atoms with E-state index >= 15 is 0 Å². The molecule has 0 saturated heterocycles. The second-order valence-corrected chi connectivity index (χ2v) is 8.73. The molecule has 0 aliphatic rings. The lowest BCUT2D eigenvalue weighted by atomic mass is 10.00. The van der Waals surface area contributed by atoms with Gasteiger partial charge in [0.05, 0.1) is 22.2 Å². The number of fused-ring (bicyclic) bond motifs is 1. The van der Waals surface area contributed by atoms with Gasteiger partial charge in [-0.05, 0) is 60.9 Å². The maximum absolute atomic E-state index is 13.5. The van der Waals surface area contributed by atoms with Crippen molar-refractivity contribution >= 4 is 34.3 Å². The molecular formula is C28H28N4O4. The Morgan fingerprint density at radius 3 is 2.42 bits per heavy atom. The lowest BCUT2D eigenvalue weighted by Gasteiger charge is -2.12. The fourth-order valence-electron chi connectivity index (χ4n) is 4.28. The van der Waals surface area contributed by atoms with E-state index in [1.165, 1.54) is 21.4 Å². The molecule has 4 rings (SSSR count). The number of hydrogen-bond acceptors (Lipinski definition) is 4. The van der Waals surface area contributed by atoms with Crippen molar-refractivity contribution in [3.8, 4) is 5.69 Å². The molecule has 36 heavy (non-hydrogen) atoms. The number of hydrogen-bond donors (Lipinski definition) is 2. The van der Waals surface area contributed by atoms with Gasteiger partial charge in [0.2, 0.25) is 0 Å². The Balaban J connectivity index is 1.83. The summed E-state index contributed by atoms with van der Waals surface area (Å²) >= 11 is 0. The van der Waals surface area contributed by atoms with Gasteiger partial charge in [-0.25, -0.2) is 9.48 Å². The van der Waals surface area contributed by atoms with Gasteiger partial charge in [-0.2, -0.15) is 0 Å². The van der Waals surface area contributed by atoms with Gasteiger partial charge >= 0.3 is 5.97 Å². The van der Waals surface area contributed by atoms with Crippen molar-refractivity contribution in [2.24, 2.45) is 0 Å². The van der Waals surface area contributed by atoms with Gasteiger partial charge < -0.3 is 10.0 Å². The first-order valence-corrected chi connectivity index (χ1v) is 11.5. The molecule has 0 bridgehead atoms. The molecule has 0 spiro atoms. The fourth-order valence-corrected chi connectivity index (χ4v) is 4.28. The lowest BCUT2D eigenvalue weighted by molar-refractivity contribution is 0.0697. The number of aromatic nitrogens is 3. The standard InChI is InChI=1S/C28H28N4O4/c1-6-31-25-24(27(34)32(29-25)22-9-7-8-20(16-22)28(35)36)18(3)23(26(31)33)17(2)10-11-19-12-14-21(15-13-19)30(4)5/h7-16,29H,2,6H2,1,3-5H3,(H,35,36). The number of anilines is 1. The smallest absolute Gasteiger partial charge is 0.335 e. The molecule has 0 fully saturated rings. The average molecular weight is 485 g/mol. The molecule has 0 aliphatic heterocycles. The molecule has 8 nitrogen and oxygen atoms in total. The van der Waals surface area contributed by atoms with Crippen LogP contribution in [0.25, 0.3) is 28.4 Å². The molecule has 0 unspecified atom stereocenters. The number of benzene rings is 2. The van der Waals surface area contributed by atoms with E-state index in [0.717, 1.165) is 11.3 Å². The zero-order chi connectivity index (χ0) is 26.1. The summed E-state index contributed by atoms with van der Waals surface area (Å²) in [5.41, 5.74) is 3.60. The zero-order valence-corrected chi connectivity index (χ0v) is 20.7.